The van der Waals surface area contributed by atoms with Gasteiger partial charge in [-0.05, 0) is 26.2 Å². The van der Waals surface area contributed by atoms with Gasteiger partial charge in [0.1, 0.15) is 5.78 Å². The number of hydrazine groups is 1. The van der Waals surface area contributed by atoms with Crippen molar-refractivity contribution in [1.29, 1.82) is 0 Å². The number of Topliss-reactive ketones (excluding diaryl/α,β-unsaturated/α-hetero) is 1. The Hall–Kier alpha value is -0.410. The first-order chi connectivity index (χ1) is 5.79. The highest BCUT2D eigenvalue weighted by atomic mass is 16.1. The summed E-state index contributed by atoms with van der Waals surface area (Å²) < 4.78 is 0. The summed E-state index contributed by atoms with van der Waals surface area (Å²) >= 11 is 0. The first-order valence-electron chi connectivity index (χ1n) is 4.77. The van der Waals surface area contributed by atoms with Crippen molar-refractivity contribution in [3.63, 3.8) is 0 Å². The SMILES string of the molecule is CC(=O)CCCCC1CCNN1. The van der Waals surface area contributed by atoms with Gasteiger partial charge in [0.25, 0.3) is 0 Å². The molecule has 1 fully saturated rings. The van der Waals surface area contributed by atoms with Gasteiger partial charge in [0.2, 0.25) is 0 Å². The first kappa shape index (κ1) is 9.68. The van der Waals surface area contributed by atoms with Crippen molar-refractivity contribution in [2.24, 2.45) is 0 Å². The average Bonchev–Trinajstić information content (AvgIpc) is 2.49. The smallest absolute Gasteiger partial charge is 0.129 e. The maximum atomic E-state index is 10.6. The van der Waals surface area contributed by atoms with Crippen LogP contribution in [0.1, 0.15) is 39.0 Å². The van der Waals surface area contributed by atoms with Crippen molar-refractivity contribution < 1.29 is 4.79 Å². The highest BCUT2D eigenvalue weighted by Gasteiger charge is 2.12. The van der Waals surface area contributed by atoms with E-state index in [4.69, 9.17) is 0 Å². The zero-order chi connectivity index (χ0) is 8.81. The molecule has 1 rings (SSSR count). The average molecular weight is 170 g/mol. The zero-order valence-electron chi connectivity index (χ0n) is 7.73. The summed E-state index contributed by atoms with van der Waals surface area (Å²) in [7, 11) is 0. The molecular formula is C9H18N2O. The Balaban J connectivity index is 1.91. The molecule has 0 bridgehead atoms. The summed E-state index contributed by atoms with van der Waals surface area (Å²) in [5, 5.41) is 0. The van der Waals surface area contributed by atoms with Crippen LogP contribution >= 0.6 is 0 Å². The Labute approximate surface area is 73.9 Å². The highest BCUT2D eigenvalue weighted by Crippen LogP contribution is 2.08. The maximum Gasteiger partial charge on any atom is 0.129 e. The second kappa shape index (κ2) is 5.27. The Bertz CT molecular complexity index is 141. The Morgan fingerprint density at radius 2 is 2.33 bits per heavy atom. The molecule has 12 heavy (non-hydrogen) atoms. The summed E-state index contributed by atoms with van der Waals surface area (Å²) in [5.41, 5.74) is 6.31. The molecule has 1 saturated heterocycles. The fraction of sp³-hybridized carbons (Fsp3) is 0.889. The van der Waals surface area contributed by atoms with Crippen molar-refractivity contribution in [1.82, 2.24) is 10.9 Å². The summed E-state index contributed by atoms with van der Waals surface area (Å²) in [6.07, 6.45) is 5.38. The number of rotatable bonds is 5. The number of ketones is 1. The minimum atomic E-state index is 0.313. The van der Waals surface area contributed by atoms with E-state index in [1.165, 1.54) is 19.3 Å². The molecule has 1 aliphatic rings. The number of carbonyl (C=O) groups excluding carboxylic acids is 1. The van der Waals surface area contributed by atoms with E-state index in [0.717, 1.165) is 19.4 Å². The minimum Gasteiger partial charge on any atom is -0.300 e. The van der Waals surface area contributed by atoms with E-state index in [0.29, 0.717) is 11.8 Å². The van der Waals surface area contributed by atoms with Crippen LogP contribution in [-0.2, 0) is 4.79 Å². The molecule has 1 heterocycles. The molecule has 0 aromatic heterocycles. The zero-order valence-corrected chi connectivity index (χ0v) is 7.73. The number of unbranched alkanes of at least 4 members (excludes halogenated alkanes) is 1. The quantitative estimate of drug-likeness (QED) is 0.605. The van der Waals surface area contributed by atoms with Crippen LogP contribution in [0.15, 0.2) is 0 Å². The van der Waals surface area contributed by atoms with Crippen LogP contribution in [-0.4, -0.2) is 18.4 Å². The molecule has 0 saturated carbocycles. The molecule has 0 aliphatic carbocycles. The highest BCUT2D eigenvalue weighted by molar-refractivity contribution is 5.75. The van der Waals surface area contributed by atoms with Gasteiger partial charge in [-0.3, -0.25) is 10.9 Å². The fourth-order valence-electron chi connectivity index (χ4n) is 1.52. The maximum absolute atomic E-state index is 10.6. The molecular weight excluding hydrogens is 152 g/mol. The van der Waals surface area contributed by atoms with Crippen LogP contribution in [0.2, 0.25) is 0 Å². The van der Waals surface area contributed by atoms with E-state index in [1.807, 2.05) is 0 Å². The third-order valence-corrected chi connectivity index (χ3v) is 2.26. The van der Waals surface area contributed by atoms with Gasteiger partial charge >= 0.3 is 0 Å². The van der Waals surface area contributed by atoms with Crippen molar-refractivity contribution in [3.05, 3.63) is 0 Å². The number of carbonyl (C=O) groups is 1. The monoisotopic (exact) mass is 170 g/mol. The lowest BCUT2D eigenvalue weighted by atomic mass is 10.1. The van der Waals surface area contributed by atoms with E-state index in [-0.39, 0.29) is 0 Å². The second-order valence-corrected chi connectivity index (χ2v) is 3.50. The van der Waals surface area contributed by atoms with Gasteiger partial charge in [-0.2, -0.15) is 0 Å². The van der Waals surface area contributed by atoms with E-state index in [9.17, 15) is 4.79 Å². The molecule has 70 valence electrons. The van der Waals surface area contributed by atoms with Gasteiger partial charge < -0.3 is 4.79 Å². The molecule has 2 N–H and O–H groups in total. The van der Waals surface area contributed by atoms with E-state index in [1.54, 1.807) is 6.92 Å². The third-order valence-electron chi connectivity index (χ3n) is 2.26. The van der Waals surface area contributed by atoms with Gasteiger partial charge in [0.15, 0.2) is 0 Å². The van der Waals surface area contributed by atoms with Crippen LogP contribution in [0.4, 0.5) is 0 Å². The van der Waals surface area contributed by atoms with Crippen LogP contribution in [0.3, 0.4) is 0 Å². The number of hydrogen-bond donors (Lipinski definition) is 2. The number of hydrogen-bond acceptors (Lipinski definition) is 3. The van der Waals surface area contributed by atoms with E-state index in [2.05, 4.69) is 10.9 Å². The van der Waals surface area contributed by atoms with Crippen molar-refractivity contribution in [2.75, 3.05) is 6.54 Å². The van der Waals surface area contributed by atoms with Crippen LogP contribution in [0.25, 0.3) is 0 Å². The molecule has 1 unspecified atom stereocenters. The molecule has 1 aliphatic heterocycles. The van der Waals surface area contributed by atoms with Gasteiger partial charge in [0, 0.05) is 19.0 Å². The van der Waals surface area contributed by atoms with Crippen LogP contribution < -0.4 is 10.9 Å². The normalized spacial score (nSPS) is 22.9. The molecule has 3 nitrogen and oxygen atoms in total. The predicted octanol–water partition coefficient (Wildman–Crippen LogP) is 1.00. The topological polar surface area (TPSA) is 41.1 Å². The molecule has 0 spiro atoms. The molecule has 0 aromatic rings. The lowest BCUT2D eigenvalue weighted by molar-refractivity contribution is -0.117. The molecule has 0 aromatic carbocycles. The van der Waals surface area contributed by atoms with E-state index < -0.39 is 0 Å². The molecule has 1 atom stereocenters. The fourth-order valence-corrected chi connectivity index (χ4v) is 1.52. The Kier molecular flexibility index (Phi) is 4.25. The van der Waals surface area contributed by atoms with Crippen molar-refractivity contribution in [2.45, 2.75) is 45.1 Å². The van der Waals surface area contributed by atoms with Gasteiger partial charge in [-0.25, -0.2) is 0 Å². The van der Waals surface area contributed by atoms with E-state index >= 15 is 0 Å². The number of nitrogens with one attached hydrogen (secondary N) is 2. The summed E-state index contributed by atoms with van der Waals surface area (Å²) in [5.74, 6) is 0.313. The second-order valence-electron chi connectivity index (χ2n) is 3.50. The van der Waals surface area contributed by atoms with Gasteiger partial charge in [0.05, 0.1) is 0 Å². The largest absolute Gasteiger partial charge is 0.300 e. The van der Waals surface area contributed by atoms with Gasteiger partial charge in [-0.1, -0.05) is 6.42 Å². The minimum absolute atomic E-state index is 0.313. The summed E-state index contributed by atoms with van der Waals surface area (Å²) in [4.78, 5) is 10.6. The van der Waals surface area contributed by atoms with Crippen LogP contribution in [0, 0.1) is 0 Å². The molecule has 0 amide bonds. The van der Waals surface area contributed by atoms with Gasteiger partial charge in [-0.15, -0.1) is 0 Å². The lowest BCUT2D eigenvalue weighted by Crippen LogP contribution is -2.29. The third kappa shape index (κ3) is 3.83. The summed E-state index contributed by atoms with van der Waals surface area (Å²) in [6, 6.07) is 0.636. The molecule has 3 heteroatoms. The summed E-state index contributed by atoms with van der Waals surface area (Å²) in [6.45, 7) is 2.74. The Morgan fingerprint density at radius 1 is 1.50 bits per heavy atom. The van der Waals surface area contributed by atoms with Crippen molar-refractivity contribution in [3.8, 4) is 0 Å². The first-order valence-corrected chi connectivity index (χ1v) is 4.77. The lowest BCUT2D eigenvalue weighted by Gasteiger charge is -2.07. The Morgan fingerprint density at radius 3 is 2.92 bits per heavy atom. The van der Waals surface area contributed by atoms with Crippen LogP contribution in [0.5, 0.6) is 0 Å². The predicted molar refractivity (Wildman–Crippen MR) is 48.7 cm³/mol. The van der Waals surface area contributed by atoms with Crippen molar-refractivity contribution >= 4 is 5.78 Å². The standard InChI is InChI=1S/C9H18N2O/c1-8(12)4-2-3-5-9-6-7-10-11-9/h9-11H,2-7H2,1H3. The molecule has 0 radical (unpaired) electrons.